The predicted molar refractivity (Wildman–Crippen MR) is 226 cm³/mol. The van der Waals surface area contributed by atoms with E-state index in [9.17, 15) is 5.26 Å². The fourth-order valence-electron chi connectivity index (χ4n) is 8.81. The van der Waals surface area contributed by atoms with E-state index >= 15 is 0 Å². The summed E-state index contributed by atoms with van der Waals surface area (Å²) in [5.41, 5.74) is 12.5. The molecule has 0 radical (unpaired) electrons. The number of benzene rings is 8. The van der Waals surface area contributed by atoms with Gasteiger partial charge in [0.1, 0.15) is 6.07 Å². The second-order valence-electron chi connectivity index (χ2n) is 13.9. The molecule has 0 saturated carbocycles. The average molecular weight is 700 g/mol. The molecule has 0 bridgehead atoms. The van der Waals surface area contributed by atoms with E-state index in [1.54, 1.807) is 0 Å². The molecule has 0 saturated heterocycles. The molecule has 0 aliphatic rings. The number of nitrogens with zero attached hydrogens (tertiary/aromatic N) is 5. The maximum atomic E-state index is 10.9. The number of fused-ring (bicyclic) bond motifs is 9. The van der Waals surface area contributed by atoms with Gasteiger partial charge in [-0.25, -0.2) is 4.85 Å². The van der Waals surface area contributed by atoms with E-state index in [4.69, 9.17) is 6.57 Å². The molecule has 0 aliphatic carbocycles. The molecule has 5 heteroatoms. The van der Waals surface area contributed by atoms with E-state index in [1.165, 1.54) is 10.8 Å². The smallest absolute Gasteiger partial charge is 0.197 e. The zero-order chi connectivity index (χ0) is 36.6. The van der Waals surface area contributed by atoms with E-state index < -0.39 is 0 Å². The van der Waals surface area contributed by atoms with Crippen molar-refractivity contribution in [1.82, 2.24) is 13.7 Å². The zero-order valence-corrected chi connectivity index (χ0v) is 29.5. The van der Waals surface area contributed by atoms with Crippen LogP contribution < -0.4 is 0 Å². The normalized spacial score (nSPS) is 11.6. The first-order chi connectivity index (χ1) is 27.2. The van der Waals surface area contributed by atoms with Crippen LogP contribution in [0.2, 0.25) is 0 Å². The monoisotopic (exact) mass is 699 g/mol. The molecule has 0 unspecified atom stereocenters. The second-order valence-corrected chi connectivity index (χ2v) is 13.9. The maximum absolute atomic E-state index is 10.9. The molecule has 3 aromatic heterocycles. The van der Waals surface area contributed by atoms with Gasteiger partial charge < -0.3 is 13.7 Å². The summed E-state index contributed by atoms with van der Waals surface area (Å²) in [6.07, 6.45) is 0. The summed E-state index contributed by atoms with van der Waals surface area (Å²) < 4.78 is 6.87. The molecule has 55 heavy (non-hydrogen) atoms. The van der Waals surface area contributed by atoms with Gasteiger partial charge in [0.05, 0.1) is 51.1 Å². The maximum Gasteiger partial charge on any atom is 0.197 e. The van der Waals surface area contributed by atoms with Crippen molar-refractivity contribution in [3.63, 3.8) is 0 Å². The third-order valence-corrected chi connectivity index (χ3v) is 11.1. The fourth-order valence-corrected chi connectivity index (χ4v) is 8.81. The lowest BCUT2D eigenvalue weighted by Gasteiger charge is -2.16. The number of aromatic nitrogens is 3. The molecule has 11 rings (SSSR count). The summed E-state index contributed by atoms with van der Waals surface area (Å²) in [4.78, 5) is 3.86. The Morgan fingerprint density at radius 1 is 0.436 bits per heavy atom. The Hall–Kier alpha value is -7.86. The Bertz CT molecular complexity index is 3420. The number of hydrogen-bond donors (Lipinski definition) is 0. The number of nitriles is 1. The van der Waals surface area contributed by atoms with Crippen molar-refractivity contribution in [2.75, 3.05) is 0 Å². The Morgan fingerprint density at radius 2 is 0.982 bits per heavy atom. The van der Waals surface area contributed by atoms with Gasteiger partial charge in [-0.1, -0.05) is 115 Å². The minimum absolute atomic E-state index is 0.584. The molecule has 8 aromatic carbocycles. The third-order valence-electron chi connectivity index (χ3n) is 11.1. The first kappa shape index (κ1) is 30.7. The minimum atomic E-state index is 0.584. The quantitative estimate of drug-likeness (QED) is 0.169. The van der Waals surface area contributed by atoms with E-state index in [2.05, 4.69) is 170 Å². The van der Waals surface area contributed by atoms with Gasteiger partial charge >= 0.3 is 0 Å². The number of hydrogen-bond acceptors (Lipinski definition) is 1. The van der Waals surface area contributed by atoms with E-state index in [-0.39, 0.29) is 0 Å². The van der Waals surface area contributed by atoms with Crippen LogP contribution in [0.25, 0.3) is 98.5 Å². The number of rotatable bonds is 4. The van der Waals surface area contributed by atoms with E-state index in [1.807, 2.05) is 30.3 Å². The van der Waals surface area contributed by atoms with Gasteiger partial charge in [0.25, 0.3) is 0 Å². The summed E-state index contributed by atoms with van der Waals surface area (Å²) in [6.45, 7) is 7.86. The average Bonchev–Trinajstić information content (AvgIpc) is 3.89. The molecule has 3 heterocycles. The molecule has 5 nitrogen and oxygen atoms in total. The molecular formula is C50H29N5. The summed E-state index contributed by atoms with van der Waals surface area (Å²) in [5.74, 6) is 0. The summed E-state index contributed by atoms with van der Waals surface area (Å²) in [7, 11) is 0. The van der Waals surface area contributed by atoms with Gasteiger partial charge in [0.15, 0.2) is 5.69 Å². The molecule has 11 aromatic rings. The molecule has 0 atom stereocenters. The van der Waals surface area contributed by atoms with Crippen molar-refractivity contribution in [2.45, 2.75) is 0 Å². The Balaban J connectivity index is 1.13. The van der Waals surface area contributed by atoms with Gasteiger partial charge in [-0.05, 0) is 77.2 Å². The van der Waals surface area contributed by atoms with Crippen molar-refractivity contribution in [1.29, 1.82) is 5.26 Å². The number of para-hydroxylation sites is 5. The zero-order valence-electron chi connectivity index (χ0n) is 29.5. The third kappa shape index (κ3) is 4.39. The van der Waals surface area contributed by atoms with Crippen LogP contribution in [0.3, 0.4) is 0 Å². The highest BCUT2D eigenvalue weighted by molar-refractivity contribution is 6.16. The van der Waals surface area contributed by atoms with Gasteiger partial charge in [-0.2, -0.15) is 5.26 Å². The molecule has 0 aliphatic heterocycles. The highest BCUT2D eigenvalue weighted by atomic mass is 15.1. The Labute approximate surface area is 316 Å². The molecule has 0 amide bonds. The van der Waals surface area contributed by atoms with Gasteiger partial charge in [-0.15, -0.1) is 0 Å². The highest BCUT2D eigenvalue weighted by Crippen LogP contribution is 2.42. The van der Waals surface area contributed by atoms with Crippen LogP contribution in [0.5, 0.6) is 0 Å². The molecule has 0 spiro atoms. The van der Waals surface area contributed by atoms with Crippen LogP contribution in [0.15, 0.2) is 176 Å². The first-order valence-electron chi connectivity index (χ1n) is 18.3. The Kier molecular flexibility index (Phi) is 6.61. The highest BCUT2D eigenvalue weighted by Gasteiger charge is 2.22. The molecule has 0 fully saturated rings. The van der Waals surface area contributed by atoms with Gasteiger partial charge in [0.2, 0.25) is 0 Å². The standard InChI is InChI=1S/C50H29N5/c1-52-41-20-12-25-47-49(41)40-18-5-9-24-46(40)53(47)35-14-10-13-32(30-35)33-27-28-42(34(29-33)31-51)55-45-23-8-4-17-38(45)39-19-11-26-48(50(39)55)54-43-21-6-2-15-36(43)37-16-3-7-22-44(37)54/h2-30H. The van der Waals surface area contributed by atoms with E-state index in [0.29, 0.717) is 11.3 Å². The van der Waals surface area contributed by atoms with Crippen molar-refractivity contribution >= 4 is 71.1 Å². The van der Waals surface area contributed by atoms with Crippen molar-refractivity contribution in [3.8, 4) is 34.3 Å². The van der Waals surface area contributed by atoms with Crippen molar-refractivity contribution in [3.05, 3.63) is 193 Å². The molecular weight excluding hydrogens is 671 g/mol. The first-order valence-corrected chi connectivity index (χ1v) is 18.3. The van der Waals surface area contributed by atoms with Crippen LogP contribution in [-0.4, -0.2) is 13.7 Å². The predicted octanol–water partition coefficient (Wildman–Crippen LogP) is 13.1. The largest absolute Gasteiger partial charge is 0.311 e. The van der Waals surface area contributed by atoms with Gasteiger partial charge in [0, 0.05) is 38.1 Å². The van der Waals surface area contributed by atoms with Crippen LogP contribution in [0, 0.1) is 17.9 Å². The SMILES string of the molecule is [C-]#[N+]c1cccc2c1c1ccccc1n2-c1cccc(-c2ccc(-n3c4ccccc4c4cccc(-n5c6ccccc6c6ccccc65)c43)c(C#N)c2)c1. The second kappa shape index (κ2) is 11.8. The summed E-state index contributed by atoms with van der Waals surface area (Å²) in [5, 5.41) is 17.5. The fraction of sp³-hybridized carbons (Fsp3) is 0. The lowest BCUT2D eigenvalue weighted by Crippen LogP contribution is -2.02. The van der Waals surface area contributed by atoms with Gasteiger partial charge in [-0.3, -0.25) is 0 Å². The summed E-state index contributed by atoms with van der Waals surface area (Å²) in [6, 6.07) is 63.6. The van der Waals surface area contributed by atoms with E-state index in [0.717, 1.165) is 82.8 Å². The molecule has 0 N–H and O–H groups in total. The van der Waals surface area contributed by atoms with Crippen LogP contribution in [0.1, 0.15) is 5.56 Å². The minimum Gasteiger partial charge on any atom is -0.311 e. The lowest BCUT2D eigenvalue weighted by molar-refractivity contribution is 1.12. The van der Waals surface area contributed by atoms with Crippen molar-refractivity contribution in [2.24, 2.45) is 0 Å². The summed E-state index contributed by atoms with van der Waals surface area (Å²) >= 11 is 0. The van der Waals surface area contributed by atoms with Crippen LogP contribution in [-0.2, 0) is 0 Å². The molecule has 254 valence electrons. The van der Waals surface area contributed by atoms with Crippen LogP contribution >= 0.6 is 0 Å². The topological polar surface area (TPSA) is 42.9 Å². The van der Waals surface area contributed by atoms with Crippen molar-refractivity contribution < 1.29 is 0 Å². The van der Waals surface area contributed by atoms with Crippen LogP contribution in [0.4, 0.5) is 5.69 Å². The lowest BCUT2D eigenvalue weighted by atomic mass is 10.0. The Morgan fingerprint density at radius 3 is 1.67 bits per heavy atom.